The van der Waals surface area contributed by atoms with Crippen molar-refractivity contribution in [3.63, 3.8) is 0 Å². The second kappa shape index (κ2) is 8.32. The zero-order valence-corrected chi connectivity index (χ0v) is 17.6. The van der Waals surface area contributed by atoms with Gasteiger partial charge < -0.3 is 14.5 Å². The number of piperazine rings is 1. The van der Waals surface area contributed by atoms with Crippen LogP contribution in [-0.4, -0.2) is 66.1 Å². The number of aliphatic imine (C=N–C) groups is 2. The lowest BCUT2D eigenvalue weighted by Crippen LogP contribution is -2.51. The third kappa shape index (κ3) is 4.17. The van der Waals surface area contributed by atoms with E-state index >= 15 is 0 Å². The third-order valence-electron chi connectivity index (χ3n) is 4.98. The molecule has 0 N–H and O–H groups in total. The molecule has 2 aliphatic heterocycles. The quantitative estimate of drug-likeness (QED) is 0.700. The molecule has 7 nitrogen and oxygen atoms in total. The zero-order valence-electron chi connectivity index (χ0n) is 16.0. The lowest BCUT2D eigenvalue weighted by atomic mass is 9.97. The van der Waals surface area contributed by atoms with Gasteiger partial charge in [-0.15, -0.1) is 0 Å². The van der Waals surface area contributed by atoms with Gasteiger partial charge in [-0.05, 0) is 31.2 Å². The van der Waals surface area contributed by atoms with Gasteiger partial charge in [-0.25, -0.2) is 4.99 Å². The summed E-state index contributed by atoms with van der Waals surface area (Å²) in [5.41, 5.74) is 1.31. The zero-order chi connectivity index (χ0) is 20.4. The number of carbonyl (C=O) groups is 2. The van der Waals surface area contributed by atoms with Gasteiger partial charge in [0, 0.05) is 36.2 Å². The summed E-state index contributed by atoms with van der Waals surface area (Å²) >= 11 is 3.44. The SMILES string of the molecule is CCOc1cc(Br)cc(C(=O)N2CCN(C3=NC(=O)C4C=CC=CC4=N3)CC2)c1. The van der Waals surface area contributed by atoms with E-state index in [-0.39, 0.29) is 17.7 Å². The van der Waals surface area contributed by atoms with Crippen molar-refractivity contribution in [2.24, 2.45) is 15.9 Å². The number of nitrogens with zero attached hydrogens (tertiary/aromatic N) is 4. The second-order valence-electron chi connectivity index (χ2n) is 6.90. The Morgan fingerprint density at radius 1 is 1.17 bits per heavy atom. The van der Waals surface area contributed by atoms with Gasteiger partial charge in [0.15, 0.2) is 0 Å². The highest BCUT2D eigenvalue weighted by atomic mass is 79.9. The molecule has 1 aromatic rings. The van der Waals surface area contributed by atoms with Gasteiger partial charge in [0.1, 0.15) is 11.7 Å². The summed E-state index contributed by atoms with van der Waals surface area (Å²) in [5.74, 6) is 0.498. The van der Waals surface area contributed by atoms with Crippen LogP contribution in [0.15, 0.2) is 57.0 Å². The number of guanidine groups is 1. The Kier molecular flexibility index (Phi) is 5.62. The van der Waals surface area contributed by atoms with Crippen LogP contribution in [0.4, 0.5) is 0 Å². The molecule has 0 aromatic heterocycles. The van der Waals surface area contributed by atoms with Gasteiger partial charge in [-0.1, -0.05) is 34.2 Å². The number of ether oxygens (including phenoxy) is 1. The van der Waals surface area contributed by atoms with Crippen LogP contribution < -0.4 is 4.74 Å². The summed E-state index contributed by atoms with van der Waals surface area (Å²) in [5, 5.41) is 0. The van der Waals surface area contributed by atoms with E-state index in [0.717, 1.165) is 10.2 Å². The van der Waals surface area contributed by atoms with E-state index in [1.54, 1.807) is 17.0 Å². The summed E-state index contributed by atoms with van der Waals surface area (Å²) < 4.78 is 6.34. The third-order valence-corrected chi connectivity index (χ3v) is 5.44. The van der Waals surface area contributed by atoms with Crippen LogP contribution in [0.3, 0.4) is 0 Å². The fourth-order valence-corrected chi connectivity index (χ4v) is 4.00. The molecule has 0 bridgehead atoms. The van der Waals surface area contributed by atoms with Crippen LogP contribution in [0.25, 0.3) is 0 Å². The molecule has 0 radical (unpaired) electrons. The molecule has 150 valence electrons. The van der Waals surface area contributed by atoms with Gasteiger partial charge >= 0.3 is 0 Å². The Morgan fingerprint density at radius 2 is 1.97 bits per heavy atom. The fraction of sp³-hybridized carbons (Fsp3) is 0.333. The molecule has 2 amide bonds. The first-order chi connectivity index (χ1) is 14.0. The lowest BCUT2D eigenvalue weighted by molar-refractivity contribution is -0.118. The van der Waals surface area contributed by atoms with Crippen molar-refractivity contribution in [1.29, 1.82) is 0 Å². The molecule has 4 rings (SSSR count). The maximum Gasteiger partial charge on any atom is 0.261 e. The first kappa shape index (κ1) is 19.6. The largest absolute Gasteiger partial charge is 0.494 e. The molecule has 29 heavy (non-hydrogen) atoms. The number of amides is 2. The highest BCUT2D eigenvalue weighted by molar-refractivity contribution is 9.10. The molecule has 3 aliphatic rings. The molecule has 1 fully saturated rings. The maximum absolute atomic E-state index is 12.9. The van der Waals surface area contributed by atoms with Crippen LogP contribution in [0.1, 0.15) is 17.3 Å². The molecule has 8 heteroatoms. The molecular weight excluding hydrogens is 436 g/mol. The highest BCUT2D eigenvalue weighted by Crippen LogP contribution is 2.23. The van der Waals surface area contributed by atoms with Gasteiger partial charge in [0.25, 0.3) is 11.8 Å². The minimum absolute atomic E-state index is 0.0414. The van der Waals surface area contributed by atoms with Crippen LogP contribution >= 0.6 is 15.9 Å². The second-order valence-corrected chi connectivity index (χ2v) is 7.81. The van der Waals surface area contributed by atoms with Crippen molar-refractivity contribution in [1.82, 2.24) is 9.80 Å². The highest BCUT2D eigenvalue weighted by Gasteiger charge is 2.30. The Bertz CT molecular complexity index is 959. The molecule has 0 spiro atoms. The van der Waals surface area contributed by atoms with E-state index in [1.807, 2.05) is 42.2 Å². The molecule has 0 saturated carbocycles. The number of fused-ring (bicyclic) bond motifs is 1. The monoisotopic (exact) mass is 456 g/mol. The average molecular weight is 457 g/mol. The topological polar surface area (TPSA) is 74.6 Å². The minimum Gasteiger partial charge on any atom is -0.494 e. The molecule has 2 heterocycles. The van der Waals surface area contributed by atoms with Crippen molar-refractivity contribution >= 4 is 39.4 Å². The van der Waals surface area contributed by atoms with Gasteiger partial charge in [0.05, 0.1) is 12.3 Å². The van der Waals surface area contributed by atoms with Crippen molar-refractivity contribution in [2.45, 2.75) is 6.92 Å². The van der Waals surface area contributed by atoms with E-state index in [0.29, 0.717) is 50.1 Å². The summed E-state index contributed by atoms with van der Waals surface area (Å²) in [6, 6.07) is 5.41. The van der Waals surface area contributed by atoms with Crippen LogP contribution in [0.2, 0.25) is 0 Å². The van der Waals surface area contributed by atoms with Crippen molar-refractivity contribution in [3.8, 4) is 5.75 Å². The van der Waals surface area contributed by atoms with Crippen LogP contribution in [0.5, 0.6) is 5.75 Å². The summed E-state index contributed by atoms with van der Waals surface area (Å²) in [6.45, 7) is 4.67. The first-order valence-corrected chi connectivity index (χ1v) is 10.4. The number of hydrogen-bond donors (Lipinski definition) is 0. The number of allylic oxidation sites excluding steroid dienone is 3. The number of benzene rings is 1. The summed E-state index contributed by atoms with van der Waals surface area (Å²) in [7, 11) is 0. The normalized spacial score (nSPS) is 20.9. The van der Waals surface area contributed by atoms with E-state index in [4.69, 9.17) is 4.74 Å². The minimum atomic E-state index is -0.373. The maximum atomic E-state index is 12.9. The molecule has 1 saturated heterocycles. The average Bonchev–Trinajstić information content (AvgIpc) is 2.73. The van der Waals surface area contributed by atoms with E-state index in [1.165, 1.54) is 0 Å². The standard InChI is InChI=1S/C21H21BrN4O3/c1-2-29-16-12-14(11-15(22)13-16)20(28)25-7-9-26(10-8-25)21-23-18-6-4-3-5-17(18)19(27)24-21/h3-6,11-13,17H,2,7-10H2,1H3. The molecular formula is C21H21BrN4O3. The van der Waals surface area contributed by atoms with E-state index < -0.39 is 0 Å². The molecule has 1 aliphatic carbocycles. The van der Waals surface area contributed by atoms with Crippen LogP contribution in [0, 0.1) is 5.92 Å². The van der Waals surface area contributed by atoms with Gasteiger partial charge in [-0.3, -0.25) is 9.59 Å². The Morgan fingerprint density at radius 3 is 2.72 bits per heavy atom. The number of hydrogen-bond acceptors (Lipinski definition) is 5. The van der Waals surface area contributed by atoms with Gasteiger partial charge in [-0.2, -0.15) is 4.99 Å². The summed E-state index contributed by atoms with van der Waals surface area (Å²) in [6.07, 6.45) is 7.37. The fourth-order valence-electron chi connectivity index (χ4n) is 3.53. The number of rotatable bonds is 3. The Labute approximate surface area is 177 Å². The van der Waals surface area contributed by atoms with Crippen molar-refractivity contribution in [2.75, 3.05) is 32.8 Å². The molecule has 1 atom stereocenters. The van der Waals surface area contributed by atoms with E-state index in [9.17, 15) is 9.59 Å². The van der Waals surface area contributed by atoms with Crippen molar-refractivity contribution < 1.29 is 14.3 Å². The predicted octanol–water partition coefficient (Wildman–Crippen LogP) is 2.69. The number of carbonyl (C=O) groups excluding carboxylic acids is 2. The number of halogens is 1. The van der Waals surface area contributed by atoms with E-state index in [2.05, 4.69) is 25.9 Å². The summed E-state index contributed by atoms with van der Waals surface area (Å²) in [4.78, 5) is 37.7. The Hall–Kier alpha value is -2.74. The lowest BCUT2D eigenvalue weighted by Gasteiger charge is -2.36. The first-order valence-electron chi connectivity index (χ1n) is 9.59. The predicted molar refractivity (Wildman–Crippen MR) is 114 cm³/mol. The molecule has 1 unspecified atom stereocenters. The van der Waals surface area contributed by atoms with Crippen LogP contribution in [-0.2, 0) is 4.79 Å². The smallest absolute Gasteiger partial charge is 0.261 e. The Balaban J connectivity index is 1.43. The molecule has 1 aromatic carbocycles. The van der Waals surface area contributed by atoms with Crippen molar-refractivity contribution in [3.05, 3.63) is 52.5 Å². The van der Waals surface area contributed by atoms with Gasteiger partial charge in [0.2, 0.25) is 5.96 Å².